The summed E-state index contributed by atoms with van der Waals surface area (Å²) in [7, 11) is 0. The van der Waals surface area contributed by atoms with E-state index < -0.39 is 11.9 Å². The smallest absolute Gasteiger partial charge is 0.239 e. The van der Waals surface area contributed by atoms with Crippen LogP contribution < -0.4 is 10.5 Å². The number of piperazine rings is 1. The molecule has 0 unspecified atom stereocenters. The molecule has 1 aromatic carbocycles. The molecule has 5 rings (SSSR count). The highest BCUT2D eigenvalue weighted by atomic mass is 19.1. The van der Waals surface area contributed by atoms with Gasteiger partial charge in [-0.1, -0.05) is 12.1 Å². The minimum atomic E-state index is -0.764. The van der Waals surface area contributed by atoms with Gasteiger partial charge in [0.1, 0.15) is 11.4 Å². The van der Waals surface area contributed by atoms with Crippen molar-refractivity contribution in [3.63, 3.8) is 0 Å². The lowest BCUT2D eigenvalue weighted by molar-refractivity contribution is -0.134. The first-order valence-corrected chi connectivity index (χ1v) is 12.2. The van der Waals surface area contributed by atoms with Crippen LogP contribution >= 0.6 is 0 Å². The molecular weight excluding hydrogens is 475 g/mol. The van der Waals surface area contributed by atoms with E-state index in [1.807, 2.05) is 18.2 Å². The highest BCUT2D eigenvalue weighted by Gasteiger charge is 2.26. The van der Waals surface area contributed by atoms with Crippen LogP contribution in [0.5, 0.6) is 11.5 Å². The number of aliphatic hydroxyl groups excluding tert-OH is 1. The van der Waals surface area contributed by atoms with Gasteiger partial charge < -0.3 is 25.5 Å². The second kappa shape index (κ2) is 11.0. The van der Waals surface area contributed by atoms with Crippen molar-refractivity contribution in [2.75, 3.05) is 26.2 Å². The van der Waals surface area contributed by atoms with Gasteiger partial charge in [0.15, 0.2) is 11.6 Å². The second-order valence-electron chi connectivity index (χ2n) is 9.10. The first-order valence-electron chi connectivity index (χ1n) is 12.2. The zero-order chi connectivity index (χ0) is 25.8. The van der Waals surface area contributed by atoms with Gasteiger partial charge in [-0.3, -0.25) is 14.7 Å². The van der Waals surface area contributed by atoms with Gasteiger partial charge in [-0.05, 0) is 42.3 Å². The summed E-state index contributed by atoms with van der Waals surface area (Å²) < 4.78 is 20.7. The number of nitrogens with zero attached hydrogens (tertiary/aromatic N) is 4. The van der Waals surface area contributed by atoms with E-state index in [9.17, 15) is 14.3 Å². The molecule has 4 aromatic rings. The summed E-state index contributed by atoms with van der Waals surface area (Å²) in [5, 5.41) is 10.2. The van der Waals surface area contributed by atoms with Crippen LogP contribution in [0, 0.1) is 5.82 Å². The van der Waals surface area contributed by atoms with Gasteiger partial charge in [0.25, 0.3) is 0 Å². The Morgan fingerprint density at radius 3 is 2.68 bits per heavy atom. The third-order valence-corrected chi connectivity index (χ3v) is 6.57. The number of fused-ring (bicyclic) bond motifs is 1. The number of ether oxygens (including phenoxy) is 1. The van der Waals surface area contributed by atoms with E-state index in [-0.39, 0.29) is 24.7 Å². The number of hydrogen-bond donors (Lipinski definition) is 3. The van der Waals surface area contributed by atoms with Crippen LogP contribution in [0.25, 0.3) is 11.0 Å². The van der Waals surface area contributed by atoms with Gasteiger partial charge in [0.05, 0.1) is 23.7 Å². The topological polar surface area (TPSA) is 121 Å². The van der Waals surface area contributed by atoms with Crippen molar-refractivity contribution in [3.05, 3.63) is 83.7 Å². The molecule has 0 saturated carbocycles. The number of benzene rings is 1. The summed E-state index contributed by atoms with van der Waals surface area (Å²) in [4.78, 5) is 28.5. The molecule has 0 bridgehead atoms. The fraction of sp³-hybridized carbons (Fsp3) is 0.296. The molecule has 0 spiro atoms. The normalized spacial score (nSPS) is 15.2. The molecule has 37 heavy (non-hydrogen) atoms. The SMILES string of the molecule is N[C@@H](Cc1ccc(Oc2ccnc3[nH]cc(CO)c23)c(F)c1)C(=O)N1CCN(Cc2ccccn2)CC1. The highest BCUT2D eigenvalue weighted by molar-refractivity contribution is 5.86. The van der Waals surface area contributed by atoms with Crippen molar-refractivity contribution in [2.24, 2.45) is 5.73 Å². The Labute approximate surface area is 213 Å². The fourth-order valence-electron chi connectivity index (χ4n) is 4.60. The lowest BCUT2D eigenvalue weighted by atomic mass is 10.0. The molecule has 0 radical (unpaired) electrons. The van der Waals surface area contributed by atoms with Crippen molar-refractivity contribution in [1.82, 2.24) is 24.8 Å². The van der Waals surface area contributed by atoms with Gasteiger partial charge in [-0.25, -0.2) is 9.37 Å². The Bertz CT molecular complexity index is 1370. The number of rotatable bonds is 8. The van der Waals surface area contributed by atoms with Gasteiger partial charge >= 0.3 is 0 Å². The molecule has 4 heterocycles. The molecule has 10 heteroatoms. The number of halogens is 1. The quantitative estimate of drug-likeness (QED) is 0.337. The fourth-order valence-corrected chi connectivity index (χ4v) is 4.60. The molecule has 1 fully saturated rings. The van der Waals surface area contributed by atoms with Crippen LogP contribution in [-0.4, -0.2) is 68.0 Å². The number of hydrogen-bond acceptors (Lipinski definition) is 7. The summed E-state index contributed by atoms with van der Waals surface area (Å²) in [6.45, 7) is 3.23. The van der Waals surface area contributed by atoms with Gasteiger partial charge in [0.2, 0.25) is 5.91 Å². The summed E-state index contributed by atoms with van der Waals surface area (Å²) in [6, 6.07) is 11.3. The first kappa shape index (κ1) is 24.8. The second-order valence-corrected chi connectivity index (χ2v) is 9.10. The van der Waals surface area contributed by atoms with Crippen LogP contribution in [0.2, 0.25) is 0 Å². The molecule has 3 aromatic heterocycles. The van der Waals surface area contributed by atoms with Crippen LogP contribution in [0.3, 0.4) is 0 Å². The molecular formula is C27H29FN6O3. The number of carbonyl (C=O) groups excluding carboxylic acids is 1. The van der Waals surface area contributed by atoms with E-state index in [0.717, 1.165) is 25.3 Å². The van der Waals surface area contributed by atoms with Crippen LogP contribution in [0.15, 0.2) is 61.1 Å². The zero-order valence-electron chi connectivity index (χ0n) is 20.3. The summed E-state index contributed by atoms with van der Waals surface area (Å²) in [6.07, 6.45) is 5.19. The Balaban J connectivity index is 1.18. The maximum Gasteiger partial charge on any atom is 0.239 e. The largest absolute Gasteiger partial charge is 0.453 e. The highest BCUT2D eigenvalue weighted by Crippen LogP contribution is 2.32. The number of nitrogens with one attached hydrogen (secondary N) is 1. The molecule has 192 valence electrons. The third-order valence-electron chi connectivity index (χ3n) is 6.57. The Kier molecular flexibility index (Phi) is 7.40. The van der Waals surface area contributed by atoms with E-state index in [1.165, 1.54) is 12.1 Å². The van der Waals surface area contributed by atoms with E-state index in [2.05, 4.69) is 19.9 Å². The lowest BCUT2D eigenvalue weighted by Gasteiger charge is -2.35. The monoisotopic (exact) mass is 504 g/mol. The minimum absolute atomic E-state index is 0.0327. The summed E-state index contributed by atoms with van der Waals surface area (Å²) in [5.74, 6) is -0.283. The number of aromatic amines is 1. The van der Waals surface area contributed by atoms with E-state index in [0.29, 0.717) is 41.0 Å². The third kappa shape index (κ3) is 5.61. The Morgan fingerprint density at radius 1 is 1.11 bits per heavy atom. The predicted octanol–water partition coefficient (Wildman–Crippen LogP) is 2.60. The van der Waals surface area contributed by atoms with E-state index >= 15 is 0 Å². The Hall–Kier alpha value is -3.86. The average Bonchev–Trinajstić information content (AvgIpc) is 3.35. The van der Waals surface area contributed by atoms with E-state index in [4.69, 9.17) is 10.5 Å². The number of carbonyl (C=O) groups is 1. The van der Waals surface area contributed by atoms with Crippen molar-refractivity contribution in [3.8, 4) is 11.5 Å². The number of H-pyrrole nitrogens is 1. The molecule has 9 nitrogen and oxygen atoms in total. The number of nitrogens with two attached hydrogens (primary N) is 1. The van der Waals surface area contributed by atoms with Gasteiger partial charge in [-0.15, -0.1) is 0 Å². The molecule has 4 N–H and O–H groups in total. The number of pyridine rings is 2. The molecule has 1 atom stereocenters. The molecule has 1 saturated heterocycles. The maximum atomic E-state index is 14.9. The van der Waals surface area contributed by atoms with Crippen LogP contribution in [0.1, 0.15) is 16.8 Å². The van der Waals surface area contributed by atoms with Gasteiger partial charge in [-0.2, -0.15) is 0 Å². The number of aliphatic hydroxyl groups is 1. The Morgan fingerprint density at radius 2 is 1.95 bits per heavy atom. The van der Waals surface area contributed by atoms with E-state index in [1.54, 1.807) is 35.6 Å². The van der Waals surface area contributed by atoms with Crippen LogP contribution in [-0.2, 0) is 24.4 Å². The number of aromatic nitrogens is 3. The number of amides is 1. The summed E-state index contributed by atoms with van der Waals surface area (Å²) in [5.41, 5.74) is 8.99. The average molecular weight is 505 g/mol. The van der Waals surface area contributed by atoms with Crippen molar-refractivity contribution >= 4 is 16.9 Å². The molecule has 1 amide bonds. The molecule has 0 aliphatic carbocycles. The van der Waals surface area contributed by atoms with Crippen molar-refractivity contribution in [2.45, 2.75) is 25.6 Å². The maximum absolute atomic E-state index is 14.9. The molecule has 1 aliphatic rings. The predicted molar refractivity (Wildman–Crippen MR) is 136 cm³/mol. The zero-order valence-corrected chi connectivity index (χ0v) is 20.3. The van der Waals surface area contributed by atoms with Crippen molar-refractivity contribution in [1.29, 1.82) is 0 Å². The van der Waals surface area contributed by atoms with Gasteiger partial charge in [0, 0.05) is 56.9 Å². The first-order chi connectivity index (χ1) is 18.0. The minimum Gasteiger partial charge on any atom is -0.453 e. The molecule has 1 aliphatic heterocycles. The van der Waals surface area contributed by atoms with Crippen LogP contribution in [0.4, 0.5) is 4.39 Å². The lowest BCUT2D eigenvalue weighted by Crippen LogP contribution is -2.53. The van der Waals surface area contributed by atoms with Crippen molar-refractivity contribution < 1.29 is 19.0 Å². The summed E-state index contributed by atoms with van der Waals surface area (Å²) >= 11 is 0. The standard InChI is InChI=1S/C27H29FN6O3/c28-21-13-18(4-5-23(21)37-24-6-8-31-26-25(24)19(17-35)15-32-26)14-22(29)27(36)34-11-9-33(10-12-34)16-20-3-1-2-7-30-20/h1-8,13,15,22,35H,9-12,14,16-17,29H2,(H,31,32)/t22-/m0/s1.